The summed E-state index contributed by atoms with van der Waals surface area (Å²) in [5.41, 5.74) is 0.303. The van der Waals surface area contributed by atoms with Gasteiger partial charge in [-0.2, -0.15) is 8.78 Å². The quantitative estimate of drug-likeness (QED) is 0.0603. The summed E-state index contributed by atoms with van der Waals surface area (Å²) in [6, 6.07) is 4.35. The number of carbonyl (C=O) groups is 2. The minimum atomic E-state index is -2.45. The molecular weight excluding hydrogens is 644 g/mol. The van der Waals surface area contributed by atoms with E-state index in [4.69, 9.17) is 11.3 Å². The van der Waals surface area contributed by atoms with Gasteiger partial charge in [-0.3, -0.25) is 4.79 Å². The number of carbonyl (C=O) groups excluding carboxylic acids is 2. The van der Waals surface area contributed by atoms with Crippen LogP contribution < -0.4 is 20.0 Å². The van der Waals surface area contributed by atoms with Crippen LogP contribution in [0.4, 0.5) is 32.0 Å². The fraction of sp³-hybridized carbons (Fsp3) is 0.294. The Morgan fingerprint density at radius 3 is 2.23 bits per heavy atom. The molecule has 0 saturated carbocycles. The third kappa shape index (κ3) is 5.74. The molecule has 5 rings (SSSR count). The molecule has 4 aromatic rings. The van der Waals surface area contributed by atoms with Gasteiger partial charge in [-0.05, 0) is 88.4 Å². The van der Waals surface area contributed by atoms with Crippen molar-refractivity contribution in [3.05, 3.63) is 97.6 Å². The molecule has 1 aromatic heterocycles. The molecule has 1 heterocycles. The molecule has 0 spiro atoms. The van der Waals surface area contributed by atoms with Crippen molar-refractivity contribution in [2.24, 2.45) is 5.41 Å². The number of hydrogen-bond acceptors (Lipinski definition) is 7. The first-order valence-electron chi connectivity index (χ1n) is 14.5. The second-order valence-electron chi connectivity index (χ2n) is 12.2. The van der Waals surface area contributed by atoms with Crippen LogP contribution in [0.1, 0.15) is 66.1 Å². The average Bonchev–Trinajstić information content (AvgIpc) is 3.44. The van der Waals surface area contributed by atoms with Crippen molar-refractivity contribution in [3.8, 4) is 18.1 Å². The van der Waals surface area contributed by atoms with Crippen LogP contribution in [-0.2, 0) is 11.2 Å². The van der Waals surface area contributed by atoms with Crippen molar-refractivity contribution >= 4 is 28.5 Å². The number of ether oxygens (including phenoxy) is 1. The van der Waals surface area contributed by atoms with E-state index in [1.807, 2.05) is 0 Å². The smallest absolute Gasteiger partial charge is 0.346 e. The normalized spacial score (nSPS) is 14.1. The zero-order valence-corrected chi connectivity index (χ0v) is 26.2. The Kier molecular flexibility index (Phi) is 8.77. The second kappa shape index (κ2) is 12.4. The van der Waals surface area contributed by atoms with Crippen molar-refractivity contribution in [1.82, 2.24) is 9.71 Å². The number of rotatable bonds is 6. The predicted octanol–water partition coefficient (Wildman–Crippen LogP) is 6.20. The van der Waals surface area contributed by atoms with Crippen LogP contribution >= 0.6 is 0 Å². The zero-order chi connectivity index (χ0) is 35.4. The molecule has 0 fully saturated rings. The van der Waals surface area contributed by atoms with Gasteiger partial charge < -0.3 is 14.5 Å². The maximum atomic E-state index is 15.4. The van der Waals surface area contributed by atoms with Gasteiger partial charge in [0.25, 0.3) is 5.56 Å². The lowest BCUT2D eigenvalue weighted by molar-refractivity contribution is -0.154. The van der Waals surface area contributed by atoms with Crippen molar-refractivity contribution in [2.75, 3.05) is 11.4 Å². The van der Waals surface area contributed by atoms with E-state index >= 15 is 4.39 Å². The fourth-order valence-corrected chi connectivity index (χ4v) is 5.61. The summed E-state index contributed by atoms with van der Waals surface area (Å²) < 4.78 is 89.3. The summed E-state index contributed by atoms with van der Waals surface area (Å²) in [6.07, 6.45) is 6.68. The standard InChI is InChI=1S/C34H27F6N3O5/c1-7-12-42(18-9-10-19(20(35)14-18)32(45)47-30-28(39)26(37)25(36)27(38)29(30)40)22-11-8-17-13-21-24(15(2)23(17)22)31(44)43(16(3)41-21)48-33(46)34(4,5)6/h1,9-10,13-14,22H,8,11-12H2,2-6H3. The van der Waals surface area contributed by atoms with Gasteiger partial charge in [-0.1, -0.05) is 5.92 Å². The summed E-state index contributed by atoms with van der Waals surface area (Å²) in [7, 11) is 0. The molecule has 1 atom stereocenters. The predicted molar refractivity (Wildman–Crippen MR) is 161 cm³/mol. The Labute approximate surface area is 269 Å². The molecule has 0 N–H and O–H groups in total. The highest BCUT2D eigenvalue weighted by Gasteiger charge is 2.34. The molecule has 0 amide bonds. The number of aromatic nitrogens is 2. The van der Waals surface area contributed by atoms with Crippen molar-refractivity contribution in [3.63, 3.8) is 0 Å². The molecule has 0 bridgehead atoms. The summed E-state index contributed by atoms with van der Waals surface area (Å²) >= 11 is 0. The van der Waals surface area contributed by atoms with E-state index < -0.39 is 75.2 Å². The number of fused-ring (bicyclic) bond motifs is 2. The van der Waals surface area contributed by atoms with E-state index in [0.29, 0.717) is 29.5 Å². The van der Waals surface area contributed by atoms with E-state index in [1.165, 1.54) is 13.0 Å². The van der Waals surface area contributed by atoms with Crippen LogP contribution in [0.2, 0.25) is 0 Å². The lowest BCUT2D eigenvalue weighted by Gasteiger charge is -2.31. The van der Waals surface area contributed by atoms with Crippen LogP contribution in [-0.4, -0.2) is 28.2 Å². The number of nitrogens with zero attached hydrogens (tertiary/aromatic N) is 3. The van der Waals surface area contributed by atoms with E-state index in [2.05, 4.69) is 15.6 Å². The summed E-state index contributed by atoms with van der Waals surface area (Å²) in [5, 5.41) is 0.200. The third-order valence-corrected chi connectivity index (χ3v) is 7.98. The van der Waals surface area contributed by atoms with Gasteiger partial charge in [-0.15, -0.1) is 11.2 Å². The molecule has 1 aliphatic carbocycles. The molecule has 0 aliphatic heterocycles. The van der Waals surface area contributed by atoms with Crippen LogP contribution in [0.15, 0.2) is 29.1 Å². The highest BCUT2D eigenvalue weighted by Crippen LogP contribution is 2.42. The van der Waals surface area contributed by atoms with Crippen molar-refractivity contribution in [1.29, 1.82) is 0 Å². The number of anilines is 1. The third-order valence-electron chi connectivity index (χ3n) is 7.98. The molecule has 48 heavy (non-hydrogen) atoms. The van der Waals surface area contributed by atoms with Crippen LogP contribution in [0.3, 0.4) is 0 Å². The second-order valence-corrected chi connectivity index (χ2v) is 12.2. The zero-order valence-electron chi connectivity index (χ0n) is 26.2. The minimum absolute atomic E-state index is 0.0606. The van der Waals surface area contributed by atoms with Crippen molar-refractivity contribution < 1.29 is 45.5 Å². The Balaban J connectivity index is 1.52. The largest absolute Gasteiger partial charge is 0.416 e. The Morgan fingerprint density at radius 2 is 1.65 bits per heavy atom. The van der Waals surface area contributed by atoms with Crippen LogP contribution in [0, 0.1) is 66.5 Å². The molecule has 0 radical (unpaired) electrons. The van der Waals surface area contributed by atoms with Gasteiger partial charge >= 0.3 is 11.9 Å². The van der Waals surface area contributed by atoms with Crippen LogP contribution in [0.5, 0.6) is 5.75 Å². The molecule has 1 unspecified atom stereocenters. The molecule has 14 heteroatoms. The monoisotopic (exact) mass is 671 g/mol. The van der Waals surface area contributed by atoms with E-state index in [0.717, 1.165) is 22.4 Å². The maximum Gasteiger partial charge on any atom is 0.346 e. The fourth-order valence-electron chi connectivity index (χ4n) is 5.61. The molecule has 250 valence electrons. The maximum absolute atomic E-state index is 15.4. The van der Waals surface area contributed by atoms with E-state index in [-0.39, 0.29) is 23.4 Å². The first-order chi connectivity index (χ1) is 22.5. The van der Waals surface area contributed by atoms with E-state index in [9.17, 15) is 36.3 Å². The highest BCUT2D eigenvalue weighted by molar-refractivity contribution is 5.92. The Bertz CT molecular complexity index is 2100. The summed E-state index contributed by atoms with van der Waals surface area (Å²) in [6.45, 7) is 8.10. The summed E-state index contributed by atoms with van der Waals surface area (Å²) in [4.78, 5) is 50.4. The van der Waals surface area contributed by atoms with Crippen molar-refractivity contribution in [2.45, 2.75) is 53.5 Å². The topological polar surface area (TPSA) is 90.7 Å². The Morgan fingerprint density at radius 1 is 1.02 bits per heavy atom. The Hall–Kier alpha value is -5.32. The van der Waals surface area contributed by atoms with Crippen LogP contribution in [0.25, 0.3) is 10.9 Å². The van der Waals surface area contributed by atoms with Gasteiger partial charge in [-0.25, -0.2) is 32.1 Å². The number of hydrogen-bond donors (Lipinski definition) is 0. The SMILES string of the molecule is C#CCN(c1ccc(C(=O)Oc2c(F)c(F)c(F)c(F)c2F)c(F)c1)C1CCc2cc3nc(C)n(OC(=O)C(C)(C)C)c(=O)c3c(C)c21. The molecule has 3 aromatic carbocycles. The summed E-state index contributed by atoms with van der Waals surface area (Å²) in [5.74, 6) is -14.7. The number of terminal acetylenes is 1. The van der Waals surface area contributed by atoms with Gasteiger partial charge in [0.1, 0.15) is 11.6 Å². The average molecular weight is 672 g/mol. The van der Waals surface area contributed by atoms with Gasteiger partial charge in [0.05, 0.1) is 34.5 Å². The van der Waals surface area contributed by atoms with Gasteiger partial charge in [0.15, 0.2) is 0 Å². The molecular formula is C34H27F6N3O5. The first-order valence-corrected chi connectivity index (χ1v) is 14.5. The van der Waals surface area contributed by atoms with E-state index in [1.54, 1.807) is 38.7 Å². The molecule has 1 aliphatic rings. The lowest BCUT2D eigenvalue weighted by atomic mass is 9.96. The molecule has 8 nitrogen and oxygen atoms in total. The first kappa shape index (κ1) is 34.0. The minimum Gasteiger partial charge on any atom is -0.416 e. The number of benzene rings is 3. The number of esters is 1. The molecule has 0 saturated heterocycles. The van der Waals surface area contributed by atoms with Gasteiger partial charge in [0, 0.05) is 5.69 Å². The highest BCUT2D eigenvalue weighted by atomic mass is 19.2. The number of aryl methyl sites for hydroxylation is 3. The van der Waals surface area contributed by atoms with Gasteiger partial charge in [0.2, 0.25) is 34.8 Å². The number of halogens is 6. The lowest BCUT2D eigenvalue weighted by Crippen LogP contribution is -2.39.